The smallest absolute Gasteiger partial charge is 0.344 e. The topological polar surface area (TPSA) is 29.9 Å². The summed E-state index contributed by atoms with van der Waals surface area (Å²) in [6.45, 7) is 4.28. The van der Waals surface area contributed by atoms with Gasteiger partial charge in [0, 0.05) is 55.0 Å². The van der Waals surface area contributed by atoms with Crippen LogP contribution in [-0.2, 0) is 32.1 Å². The van der Waals surface area contributed by atoms with Crippen LogP contribution in [0.4, 0.5) is 13.2 Å². The van der Waals surface area contributed by atoms with E-state index in [0.29, 0.717) is 13.0 Å². The summed E-state index contributed by atoms with van der Waals surface area (Å²) in [7, 11) is 0. The van der Waals surface area contributed by atoms with Gasteiger partial charge in [-0.1, -0.05) is 11.6 Å². The predicted molar refractivity (Wildman–Crippen MR) is 95.0 cm³/mol. The zero-order chi connectivity index (χ0) is 18.3. The number of halogens is 3. The lowest BCUT2D eigenvalue weighted by molar-refractivity contribution is -0.138. The maximum Gasteiger partial charge on any atom is 0.416 e. The highest BCUT2D eigenvalue weighted by Gasteiger charge is 2.33. The fourth-order valence-electron chi connectivity index (χ4n) is 3.88. The molecule has 6 heteroatoms. The normalized spacial score (nSPS) is 14.6. The third kappa shape index (κ3) is 2.98. The predicted octanol–water partition coefficient (Wildman–Crippen LogP) is 4.25. The first kappa shape index (κ1) is 17.1. The molecule has 0 atom stereocenters. The maximum absolute atomic E-state index is 13.2. The Balaban J connectivity index is 1.73. The Labute approximate surface area is 149 Å². The molecule has 1 N–H and O–H groups in total. The summed E-state index contributed by atoms with van der Waals surface area (Å²) >= 11 is 0. The minimum atomic E-state index is -4.35. The van der Waals surface area contributed by atoms with Crippen LogP contribution in [0.2, 0.25) is 0 Å². The van der Waals surface area contributed by atoms with E-state index < -0.39 is 11.7 Å². The fourth-order valence-corrected chi connectivity index (χ4v) is 3.88. The van der Waals surface area contributed by atoms with Gasteiger partial charge in [-0.3, -0.25) is 4.98 Å². The fraction of sp³-hybridized carbons (Fsp3) is 0.350. The number of pyridine rings is 1. The molecule has 0 radical (unpaired) electrons. The average Bonchev–Trinajstić information content (AvgIpc) is 2.93. The second kappa shape index (κ2) is 6.43. The number of nitrogens with one attached hydrogen (secondary N) is 1. The summed E-state index contributed by atoms with van der Waals surface area (Å²) < 4.78 is 41.9. The van der Waals surface area contributed by atoms with Crippen molar-refractivity contribution >= 4 is 10.9 Å². The lowest BCUT2D eigenvalue weighted by Gasteiger charge is -2.18. The van der Waals surface area contributed by atoms with Gasteiger partial charge in [-0.25, -0.2) is 0 Å². The van der Waals surface area contributed by atoms with E-state index in [1.54, 1.807) is 0 Å². The molecule has 0 amide bonds. The highest BCUT2D eigenvalue weighted by atomic mass is 19.4. The monoisotopic (exact) mass is 359 g/mol. The summed E-state index contributed by atoms with van der Waals surface area (Å²) in [6, 6.07) is 7.37. The van der Waals surface area contributed by atoms with E-state index >= 15 is 0 Å². The van der Waals surface area contributed by atoms with E-state index in [1.165, 1.54) is 34.6 Å². The van der Waals surface area contributed by atoms with E-state index in [9.17, 15) is 13.2 Å². The van der Waals surface area contributed by atoms with Gasteiger partial charge in [-0.15, -0.1) is 0 Å². The van der Waals surface area contributed by atoms with Crippen LogP contribution in [0.1, 0.15) is 27.9 Å². The first-order valence-electron chi connectivity index (χ1n) is 8.76. The summed E-state index contributed by atoms with van der Waals surface area (Å²) in [5, 5.41) is 4.60. The quantitative estimate of drug-likeness (QED) is 0.758. The summed E-state index contributed by atoms with van der Waals surface area (Å²) in [5.41, 5.74) is 4.46. The van der Waals surface area contributed by atoms with Crippen molar-refractivity contribution in [3.63, 3.8) is 0 Å². The number of benzene rings is 1. The molecule has 3 nitrogen and oxygen atoms in total. The molecule has 2 aromatic heterocycles. The number of nitrogens with zero attached hydrogens (tertiary/aromatic N) is 2. The van der Waals surface area contributed by atoms with Crippen LogP contribution in [0.15, 0.2) is 36.7 Å². The van der Waals surface area contributed by atoms with Gasteiger partial charge in [0.25, 0.3) is 0 Å². The lowest BCUT2D eigenvalue weighted by atomic mass is 10.0. The van der Waals surface area contributed by atoms with E-state index in [2.05, 4.69) is 40.0 Å². The number of aromatic nitrogens is 2. The van der Waals surface area contributed by atoms with Crippen LogP contribution < -0.4 is 5.32 Å². The van der Waals surface area contributed by atoms with Crippen molar-refractivity contribution in [1.82, 2.24) is 14.9 Å². The molecule has 4 rings (SSSR count). The Bertz CT molecular complexity index is 957. The van der Waals surface area contributed by atoms with Crippen LogP contribution in [0.25, 0.3) is 10.9 Å². The highest BCUT2D eigenvalue weighted by Crippen LogP contribution is 2.33. The largest absolute Gasteiger partial charge is 0.416 e. The van der Waals surface area contributed by atoms with Gasteiger partial charge in [-0.2, -0.15) is 13.2 Å². The molecule has 3 aromatic rings. The van der Waals surface area contributed by atoms with Crippen molar-refractivity contribution in [3.8, 4) is 0 Å². The highest BCUT2D eigenvalue weighted by molar-refractivity contribution is 5.86. The van der Waals surface area contributed by atoms with Crippen LogP contribution in [0.3, 0.4) is 0 Å². The van der Waals surface area contributed by atoms with Crippen molar-refractivity contribution in [3.05, 3.63) is 64.6 Å². The van der Waals surface area contributed by atoms with Gasteiger partial charge in [0.15, 0.2) is 0 Å². The van der Waals surface area contributed by atoms with E-state index in [-0.39, 0.29) is 5.56 Å². The number of fused-ring (bicyclic) bond motifs is 3. The number of rotatable bonds is 3. The molecule has 0 spiro atoms. The van der Waals surface area contributed by atoms with E-state index in [4.69, 9.17) is 0 Å². The molecule has 0 saturated carbocycles. The molecule has 1 aliphatic heterocycles. The summed E-state index contributed by atoms with van der Waals surface area (Å²) in [6.07, 6.45) is -0.611. The molecule has 1 aliphatic rings. The van der Waals surface area contributed by atoms with E-state index in [0.717, 1.165) is 31.1 Å². The maximum atomic E-state index is 13.2. The number of alkyl halides is 3. The average molecular weight is 359 g/mol. The number of hydrogen-bond donors (Lipinski definition) is 1. The zero-order valence-corrected chi connectivity index (χ0v) is 14.5. The first-order chi connectivity index (χ1) is 12.4. The first-order valence-corrected chi connectivity index (χ1v) is 8.76. The third-order valence-corrected chi connectivity index (χ3v) is 5.10. The third-order valence-electron chi connectivity index (χ3n) is 5.10. The minimum absolute atomic E-state index is 0.247. The molecule has 26 heavy (non-hydrogen) atoms. The molecule has 0 saturated heterocycles. The van der Waals surface area contributed by atoms with Crippen LogP contribution in [0, 0.1) is 6.92 Å². The van der Waals surface area contributed by atoms with Crippen LogP contribution in [-0.4, -0.2) is 16.1 Å². The standard InChI is InChI=1S/C20H20F3N3/c1-13-2-3-18-15(10-13)16-12-25-8-5-19(16)26(18)9-6-14-11-24-7-4-17(14)20(21,22)23/h2-4,7,10-11,25H,5-6,8-9,12H2,1H3. The van der Waals surface area contributed by atoms with Gasteiger partial charge in [0.1, 0.15) is 0 Å². The molecule has 136 valence electrons. The minimum Gasteiger partial charge on any atom is -0.344 e. The van der Waals surface area contributed by atoms with E-state index in [1.807, 2.05) is 0 Å². The SMILES string of the molecule is Cc1ccc2c(c1)c1c(n2CCc2cnccc2C(F)(F)F)CCNC1. The number of hydrogen-bond acceptors (Lipinski definition) is 2. The zero-order valence-electron chi connectivity index (χ0n) is 14.5. The Morgan fingerprint density at radius 3 is 2.88 bits per heavy atom. The van der Waals surface area contributed by atoms with Crippen molar-refractivity contribution < 1.29 is 13.2 Å². The van der Waals surface area contributed by atoms with Crippen molar-refractivity contribution in [2.45, 2.75) is 39.0 Å². The second-order valence-corrected chi connectivity index (χ2v) is 6.80. The second-order valence-electron chi connectivity index (χ2n) is 6.80. The Hall–Kier alpha value is -2.34. The molecule has 0 bridgehead atoms. The Morgan fingerprint density at radius 1 is 1.23 bits per heavy atom. The molecular weight excluding hydrogens is 339 g/mol. The lowest BCUT2D eigenvalue weighted by Crippen LogP contribution is -2.25. The Morgan fingerprint density at radius 2 is 2.08 bits per heavy atom. The molecule has 0 fully saturated rings. The number of aryl methyl sites for hydroxylation is 3. The molecule has 0 unspecified atom stereocenters. The van der Waals surface area contributed by atoms with Gasteiger partial charge in [0.05, 0.1) is 5.56 Å². The van der Waals surface area contributed by atoms with Gasteiger partial charge in [0.2, 0.25) is 0 Å². The Kier molecular flexibility index (Phi) is 4.23. The van der Waals surface area contributed by atoms with Crippen LogP contribution >= 0.6 is 0 Å². The molecular formula is C20H20F3N3. The molecule has 1 aromatic carbocycles. The van der Waals surface area contributed by atoms with Crippen LogP contribution in [0.5, 0.6) is 0 Å². The summed E-state index contributed by atoms with van der Waals surface area (Å²) in [5.74, 6) is 0. The van der Waals surface area contributed by atoms with Gasteiger partial charge < -0.3 is 9.88 Å². The van der Waals surface area contributed by atoms with Gasteiger partial charge >= 0.3 is 6.18 Å². The van der Waals surface area contributed by atoms with Crippen molar-refractivity contribution in [1.29, 1.82) is 0 Å². The van der Waals surface area contributed by atoms with Gasteiger partial charge in [-0.05, 0) is 42.7 Å². The van der Waals surface area contributed by atoms with Crippen molar-refractivity contribution in [2.24, 2.45) is 0 Å². The molecule has 0 aliphatic carbocycles. The molecule has 3 heterocycles. The summed E-state index contributed by atoms with van der Waals surface area (Å²) in [4.78, 5) is 3.90. The van der Waals surface area contributed by atoms with Crippen molar-refractivity contribution in [2.75, 3.05) is 6.54 Å².